The number of thioether (sulfide) groups is 1. The van der Waals surface area contributed by atoms with Gasteiger partial charge in [-0.05, 0) is 6.26 Å². The van der Waals surface area contributed by atoms with Crippen molar-refractivity contribution >= 4 is 23.4 Å². The summed E-state index contributed by atoms with van der Waals surface area (Å²) in [6.45, 7) is 0.346. The van der Waals surface area contributed by atoms with E-state index in [1.165, 1.54) is 0 Å². The van der Waals surface area contributed by atoms with Crippen LogP contribution in [0.2, 0.25) is 0 Å². The van der Waals surface area contributed by atoms with Gasteiger partial charge in [-0.2, -0.15) is 16.6 Å². The molecule has 1 aliphatic heterocycles. The standard InChI is InChI=1S/C6H8N2O2S/c1-11-3-4-2-10-6(9)5(4)8-7/h4H,2-3H2,1H3/t4-/m0/s1. The van der Waals surface area contributed by atoms with Crippen molar-refractivity contribution in [3.63, 3.8) is 0 Å². The molecule has 11 heavy (non-hydrogen) atoms. The zero-order chi connectivity index (χ0) is 8.27. The molecule has 60 valence electrons. The molecule has 0 bridgehead atoms. The quantitative estimate of drug-likeness (QED) is 0.339. The van der Waals surface area contributed by atoms with Gasteiger partial charge < -0.3 is 10.3 Å². The van der Waals surface area contributed by atoms with Crippen LogP contribution in [0.3, 0.4) is 0 Å². The zero-order valence-electron chi connectivity index (χ0n) is 6.11. The Balaban J connectivity index is 2.70. The summed E-state index contributed by atoms with van der Waals surface area (Å²) in [6, 6.07) is 0. The van der Waals surface area contributed by atoms with Crippen molar-refractivity contribution in [1.82, 2.24) is 0 Å². The van der Waals surface area contributed by atoms with Crippen LogP contribution in [0.5, 0.6) is 0 Å². The Morgan fingerprint density at radius 3 is 3.18 bits per heavy atom. The summed E-state index contributed by atoms with van der Waals surface area (Å²) in [5.74, 6) is 0.222. The van der Waals surface area contributed by atoms with Crippen LogP contribution < -0.4 is 0 Å². The number of cyclic esters (lactones) is 1. The van der Waals surface area contributed by atoms with E-state index in [1.807, 2.05) is 6.26 Å². The Kier molecular flexibility index (Phi) is 2.68. The number of rotatable bonds is 2. The summed E-state index contributed by atoms with van der Waals surface area (Å²) in [5, 5.41) is 0. The van der Waals surface area contributed by atoms with Crippen molar-refractivity contribution in [2.24, 2.45) is 5.92 Å². The number of esters is 1. The van der Waals surface area contributed by atoms with E-state index in [1.54, 1.807) is 11.8 Å². The van der Waals surface area contributed by atoms with Crippen LogP contribution in [-0.4, -0.2) is 35.1 Å². The predicted molar refractivity (Wildman–Crippen MR) is 41.5 cm³/mol. The highest BCUT2D eigenvalue weighted by Crippen LogP contribution is 2.14. The highest BCUT2D eigenvalue weighted by molar-refractivity contribution is 7.98. The van der Waals surface area contributed by atoms with Crippen LogP contribution in [0, 0.1) is 5.92 Å². The Morgan fingerprint density at radius 1 is 1.91 bits per heavy atom. The van der Waals surface area contributed by atoms with Crippen LogP contribution in [0.1, 0.15) is 0 Å². The van der Waals surface area contributed by atoms with Gasteiger partial charge in [-0.3, -0.25) is 0 Å². The van der Waals surface area contributed by atoms with E-state index in [0.29, 0.717) is 6.61 Å². The number of nitrogens with zero attached hydrogens (tertiary/aromatic N) is 2. The first-order valence-corrected chi connectivity index (χ1v) is 4.57. The van der Waals surface area contributed by atoms with Crippen molar-refractivity contribution in [2.75, 3.05) is 18.6 Å². The van der Waals surface area contributed by atoms with Gasteiger partial charge in [-0.15, -0.1) is 0 Å². The van der Waals surface area contributed by atoms with Gasteiger partial charge in [0.2, 0.25) is 0 Å². The fraction of sp³-hybridized carbons (Fsp3) is 0.667. The van der Waals surface area contributed by atoms with Crippen LogP contribution in [-0.2, 0) is 9.53 Å². The van der Waals surface area contributed by atoms with Gasteiger partial charge in [0.1, 0.15) is 12.5 Å². The first-order valence-electron chi connectivity index (χ1n) is 3.17. The first-order chi connectivity index (χ1) is 5.29. The molecular formula is C6H8N2O2S. The van der Waals surface area contributed by atoms with Crippen LogP contribution in [0.15, 0.2) is 0 Å². The molecule has 0 aromatic heterocycles. The van der Waals surface area contributed by atoms with Crippen molar-refractivity contribution in [1.29, 1.82) is 0 Å². The fourth-order valence-electron chi connectivity index (χ4n) is 0.947. The Labute approximate surface area is 68.5 Å². The summed E-state index contributed by atoms with van der Waals surface area (Å²) in [4.78, 5) is 13.7. The third-order valence-electron chi connectivity index (χ3n) is 1.49. The van der Waals surface area contributed by atoms with Crippen molar-refractivity contribution < 1.29 is 14.3 Å². The Morgan fingerprint density at radius 2 is 2.64 bits per heavy atom. The lowest BCUT2D eigenvalue weighted by atomic mass is 10.1. The van der Waals surface area contributed by atoms with Gasteiger partial charge in [0, 0.05) is 5.75 Å². The van der Waals surface area contributed by atoms with Crippen molar-refractivity contribution in [2.45, 2.75) is 0 Å². The maximum Gasteiger partial charge on any atom is 0.417 e. The highest BCUT2D eigenvalue weighted by atomic mass is 32.2. The molecule has 0 aromatic carbocycles. The molecule has 1 heterocycles. The minimum atomic E-state index is -0.494. The third kappa shape index (κ3) is 1.61. The SMILES string of the molecule is CSC[C@@H]1COC(=O)C1=[N+]=[N-]. The maximum atomic E-state index is 10.8. The van der Waals surface area contributed by atoms with Gasteiger partial charge >= 0.3 is 11.7 Å². The van der Waals surface area contributed by atoms with Crippen LogP contribution in [0.4, 0.5) is 0 Å². The topological polar surface area (TPSA) is 62.7 Å². The van der Waals surface area contributed by atoms with Gasteiger partial charge in [0.15, 0.2) is 0 Å². The van der Waals surface area contributed by atoms with E-state index in [-0.39, 0.29) is 11.6 Å². The van der Waals surface area contributed by atoms with E-state index in [0.717, 1.165) is 5.75 Å². The number of hydrogen-bond acceptors (Lipinski definition) is 3. The molecule has 1 saturated heterocycles. The fourth-order valence-corrected chi connectivity index (χ4v) is 1.60. The molecular weight excluding hydrogens is 164 g/mol. The molecule has 0 spiro atoms. The monoisotopic (exact) mass is 172 g/mol. The summed E-state index contributed by atoms with van der Waals surface area (Å²) in [6.07, 6.45) is 1.93. The van der Waals surface area contributed by atoms with Gasteiger partial charge in [-0.1, -0.05) is 0 Å². The van der Waals surface area contributed by atoms with Gasteiger partial charge in [-0.25, -0.2) is 4.79 Å². The zero-order valence-corrected chi connectivity index (χ0v) is 6.93. The van der Waals surface area contributed by atoms with Gasteiger partial charge in [0.25, 0.3) is 0 Å². The second-order valence-corrected chi connectivity index (χ2v) is 3.15. The van der Waals surface area contributed by atoms with E-state index >= 15 is 0 Å². The lowest BCUT2D eigenvalue weighted by molar-refractivity contribution is -0.136. The minimum absolute atomic E-state index is 0.0394. The molecule has 1 fully saturated rings. The normalized spacial score (nSPS) is 23.2. The molecule has 5 heteroatoms. The molecule has 0 N–H and O–H groups in total. The lowest BCUT2D eigenvalue weighted by Gasteiger charge is -1.95. The lowest BCUT2D eigenvalue weighted by Crippen LogP contribution is -2.18. The first kappa shape index (κ1) is 8.30. The van der Waals surface area contributed by atoms with Crippen LogP contribution >= 0.6 is 11.8 Å². The molecule has 0 radical (unpaired) electrons. The summed E-state index contributed by atoms with van der Waals surface area (Å²) < 4.78 is 4.68. The van der Waals surface area contributed by atoms with Crippen molar-refractivity contribution in [3.8, 4) is 0 Å². The molecule has 1 rings (SSSR count). The second-order valence-electron chi connectivity index (χ2n) is 2.24. The predicted octanol–water partition coefficient (Wildman–Crippen LogP) is 0.193. The number of carbonyl (C=O) groups is 1. The minimum Gasteiger partial charge on any atom is -0.456 e. The summed E-state index contributed by atoms with van der Waals surface area (Å²) in [7, 11) is 0. The van der Waals surface area contributed by atoms with Crippen LogP contribution in [0.25, 0.3) is 5.53 Å². The van der Waals surface area contributed by atoms with E-state index in [9.17, 15) is 4.79 Å². The smallest absolute Gasteiger partial charge is 0.417 e. The number of carbonyl (C=O) groups excluding carboxylic acids is 1. The maximum absolute atomic E-state index is 10.8. The second kappa shape index (κ2) is 3.55. The average Bonchev–Trinajstić information content (AvgIpc) is 2.33. The largest absolute Gasteiger partial charge is 0.456 e. The van der Waals surface area contributed by atoms with Gasteiger partial charge in [0.05, 0.1) is 0 Å². The molecule has 4 nitrogen and oxygen atoms in total. The summed E-state index contributed by atoms with van der Waals surface area (Å²) in [5.41, 5.74) is 8.56. The molecule has 0 amide bonds. The molecule has 0 saturated carbocycles. The average molecular weight is 172 g/mol. The molecule has 1 atom stereocenters. The molecule has 1 aliphatic rings. The Hall–Kier alpha value is -0.800. The van der Waals surface area contributed by atoms with E-state index < -0.39 is 5.97 Å². The van der Waals surface area contributed by atoms with Crippen molar-refractivity contribution in [3.05, 3.63) is 5.53 Å². The van der Waals surface area contributed by atoms with E-state index in [4.69, 9.17) is 5.53 Å². The molecule has 0 aliphatic carbocycles. The number of ether oxygens (including phenoxy) is 1. The molecule has 0 unspecified atom stereocenters. The molecule has 0 aromatic rings. The Bertz CT molecular complexity index is 223. The summed E-state index contributed by atoms with van der Waals surface area (Å²) >= 11 is 1.60. The number of hydrogen-bond donors (Lipinski definition) is 0. The highest BCUT2D eigenvalue weighted by Gasteiger charge is 2.39. The third-order valence-corrected chi connectivity index (χ3v) is 2.22. The van der Waals surface area contributed by atoms with E-state index in [2.05, 4.69) is 9.53 Å².